The monoisotopic (exact) mass is 162 g/mol. The van der Waals surface area contributed by atoms with Crippen molar-refractivity contribution in [1.82, 2.24) is 9.34 Å². The van der Waals surface area contributed by atoms with E-state index in [0.717, 1.165) is 19.4 Å². The van der Waals surface area contributed by atoms with Crippen LogP contribution in [-0.2, 0) is 4.57 Å². The Hall–Kier alpha value is 0.150. The van der Waals surface area contributed by atoms with Gasteiger partial charge in [-0.05, 0) is 7.05 Å². The van der Waals surface area contributed by atoms with Crippen LogP contribution in [0.2, 0.25) is 0 Å². The third kappa shape index (κ3) is 0.931. The van der Waals surface area contributed by atoms with Gasteiger partial charge in [0.05, 0.1) is 6.67 Å². The molecule has 0 aromatic carbocycles. The SMILES string of the molecule is CCN1CN(C)P1(=O)CC. The van der Waals surface area contributed by atoms with Crippen LogP contribution in [0, 0.1) is 0 Å². The van der Waals surface area contributed by atoms with Gasteiger partial charge in [-0.1, -0.05) is 13.8 Å². The van der Waals surface area contributed by atoms with Crippen molar-refractivity contribution < 1.29 is 4.57 Å². The van der Waals surface area contributed by atoms with E-state index in [1.54, 1.807) is 0 Å². The average Bonchev–Trinajstić information content (AvgIpc) is 1.98. The quantitative estimate of drug-likeness (QED) is 0.574. The molecule has 0 N–H and O–H groups in total. The average molecular weight is 162 g/mol. The van der Waals surface area contributed by atoms with Gasteiger partial charge in [-0.15, -0.1) is 0 Å². The third-order valence-electron chi connectivity index (χ3n) is 2.12. The lowest BCUT2D eigenvalue weighted by Gasteiger charge is -2.47. The van der Waals surface area contributed by atoms with Crippen molar-refractivity contribution in [2.24, 2.45) is 0 Å². The van der Waals surface area contributed by atoms with Gasteiger partial charge in [0.1, 0.15) is 0 Å². The molecule has 0 radical (unpaired) electrons. The summed E-state index contributed by atoms with van der Waals surface area (Å²) >= 11 is 0. The molecular formula is C6H15N2OP. The summed E-state index contributed by atoms with van der Waals surface area (Å²) in [6.45, 7) is 5.82. The second-order valence-corrected chi connectivity index (χ2v) is 5.81. The van der Waals surface area contributed by atoms with Crippen LogP contribution >= 0.6 is 7.44 Å². The molecule has 1 saturated heterocycles. The zero-order chi connectivity index (χ0) is 7.78. The lowest BCUT2D eigenvalue weighted by molar-refractivity contribution is 0.223. The largest absolute Gasteiger partial charge is 0.289 e. The van der Waals surface area contributed by atoms with Crippen LogP contribution in [0.15, 0.2) is 0 Å². The molecule has 1 aliphatic heterocycles. The van der Waals surface area contributed by atoms with Crippen molar-refractivity contribution in [2.45, 2.75) is 13.8 Å². The molecule has 1 atom stereocenters. The minimum absolute atomic E-state index is 0.775. The van der Waals surface area contributed by atoms with Crippen LogP contribution in [0.3, 0.4) is 0 Å². The van der Waals surface area contributed by atoms with Crippen LogP contribution in [0.25, 0.3) is 0 Å². The fourth-order valence-corrected chi connectivity index (χ4v) is 3.64. The Labute approximate surface area is 62.5 Å². The van der Waals surface area contributed by atoms with E-state index in [4.69, 9.17) is 0 Å². The van der Waals surface area contributed by atoms with Gasteiger partial charge in [0.25, 0.3) is 0 Å². The smallest absolute Gasteiger partial charge is 0.218 e. The van der Waals surface area contributed by atoms with Gasteiger partial charge in [-0.2, -0.15) is 0 Å². The number of nitrogens with zero attached hydrogens (tertiary/aromatic N) is 2. The summed E-state index contributed by atoms with van der Waals surface area (Å²) in [5, 5.41) is 0. The van der Waals surface area contributed by atoms with E-state index in [1.807, 2.05) is 23.3 Å². The third-order valence-corrected chi connectivity index (χ3v) is 5.43. The molecule has 4 heteroatoms. The van der Waals surface area contributed by atoms with Crippen molar-refractivity contribution in [2.75, 3.05) is 26.4 Å². The molecule has 1 rings (SSSR count). The van der Waals surface area contributed by atoms with E-state index >= 15 is 0 Å². The van der Waals surface area contributed by atoms with Gasteiger partial charge >= 0.3 is 0 Å². The standard InChI is InChI=1S/C6H15N2OP/c1-4-8-6-7(3)10(8,9)5-2/h4-6H2,1-3H3. The molecule has 0 aromatic rings. The second-order valence-electron chi connectivity index (χ2n) is 2.60. The first kappa shape index (κ1) is 8.25. The molecule has 10 heavy (non-hydrogen) atoms. The second kappa shape index (κ2) is 2.65. The molecule has 3 nitrogen and oxygen atoms in total. The van der Waals surface area contributed by atoms with Crippen LogP contribution in [-0.4, -0.2) is 35.8 Å². The first-order valence-electron chi connectivity index (χ1n) is 3.71. The summed E-state index contributed by atoms with van der Waals surface area (Å²) in [4.78, 5) is 0. The molecule has 1 aliphatic rings. The highest BCUT2D eigenvalue weighted by molar-refractivity contribution is 7.60. The lowest BCUT2D eigenvalue weighted by atomic mass is 10.7. The Balaban J connectivity index is 2.64. The molecule has 1 unspecified atom stereocenters. The molecule has 0 bridgehead atoms. The normalized spacial score (nSPS) is 35.9. The summed E-state index contributed by atoms with van der Waals surface area (Å²) < 4.78 is 15.8. The summed E-state index contributed by atoms with van der Waals surface area (Å²) in [5.74, 6) is 0. The van der Waals surface area contributed by atoms with Gasteiger partial charge in [-0.25, -0.2) is 9.34 Å². The minimum atomic E-state index is -2.01. The molecule has 0 aromatic heterocycles. The van der Waals surface area contributed by atoms with Crippen molar-refractivity contribution in [3.8, 4) is 0 Å². The summed E-state index contributed by atoms with van der Waals surface area (Å²) in [7, 11) is -0.0813. The predicted molar refractivity (Wildman–Crippen MR) is 43.2 cm³/mol. The zero-order valence-electron chi connectivity index (χ0n) is 6.87. The molecule has 0 aliphatic carbocycles. The van der Waals surface area contributed by atoms with Gasteiger partial charge < -0.3 is 0 Å². The summed E-state index contributed by atoms with van der Waals surface area (Å²) in [6.07, 6.45) is 0.775. The Morgan fingerprint density at radius 3 is 2.30 bits per heavy atom. The highest BCUT2D eigenvalue weighted by atomic mass is 31.2. The molecule has 0 saturated carbocycles. The lowest BCUT2D eigenvalue weighted by Crippen LogP contribution is -2.46. The number of hydrogen-bond donors (Lipinski definition) is 0. The van der Waals surface area contributed by atoms with E-state index in [0.29, 0.717) is 0 Å². The highest BCUT2D eigenvalue weighted by Gasteiger charge is 2.42. The predicted octanol–water partition coefficient (Wildman–Crippen LogP) is 1.42. The van der Waals surface area contributed by atoms with E-state index in [1.165, 1.54) is 0 Å². The molecule has 1 fully saturated rings. The van der Waals surface area contributed by atoms with Crippen LogP contribution in [0.1, 0.15) is 13.8 Å². The topological polar surface area (TPSA) is 23.6 Å². The number of rotatable bonds is 2. The first-order valence-corrected chi connectivity index (χ1v) is 5.51. The fourth-order valence-electron chi connectivity index (χ4n) is 1.35. The maximum atomic E-state index is 11.8. The Kier molecular flexibility index (Phi) is 2.18. The van der Waals surface area contributed by atoms with Crippen LogP contribution < -0.4 is 0 Å². The van der Waals surface area contributed by atoms with E-state index < -0.39 is 7.44 Å². The Morgan fingerprint density at radius 2 is 2.10 bits per heavy atom. The van der Waals surface area contributed by atoms with Gasteiger partial charge in [-0.3, -0.25) is 4.57 Å². The van der Waals surface area contributed by atoms with E-state index in [9.17, 15) is 4.57 Å². The molecule has 60 valence electrons. The maximum Gasteiger partial charge on any atom is 0.218 e. The van der Waals surface area contributed by atoms with Crippen LogP contribution in [0.4, 0.5) is 0 Å². The van der Waals surface area contributed by atoms with Gasteiger partial charge in [0.15, 0.2) is 0 Å². The Bertz CT molecular complexity index is 171. The van der Waals surface area contributed by atoms with E-state index in [2.05, 4.69) is 6.92 Å². The zero-order valence-corrected chi connectivity index (χ0v) is 7.77. The Morgan fingerprint density at radius 1 is 1.50 bits per heavy atom. The van der Waals surface area contributed by atoms with Crippen molar-refractivity contribution >= 4 is 7.44 Å². The van der Waals surface area contributed by atoms with Crippen molar-refractivity contribution in [3.05, 3.63) is 0 Å². The number of hydrogen-bond acceptors (Lipinski definition) is 1. The van der Waals surface area contributed by atoms with Crippen LogP contribution in [0.5, 0.6) is 0 Å². The van der Waals surface area contributed by atoms with Crippen molar-refractivity contribution in [1.29, 1.82) is 0 Å². The minimum Gasteiger partial charge on any atom is -0.289 e. The van der Waals surface area contributed by atoms with Gasteiger partial charge in [0, 0.05) is 12.7 Å². The maximum absolute atomic E-state index is 11.8. The molecular weight excluding hydrogens is 147 g/mol. The molecule has 0 spiro atoms. The first-order chi connectivity index (χ1) is 4.65. The molecule has 0 amide bonds. The molecule has 1 heterocycles. The summed E-state index contributed by atoms with van der Waals surface area (Å²) in [5.41, 5.74) is 0. The highest BCUT2D eigenvalue weighted by Crippen LogP contribution is 2.59. The van der Waals surface area contributed by atoms with Gasteiger partial charge in [0.2, 0.25) is 7.44 Å². The van der Waals surface area contributed by atoms with Crippen molar-refractivity contribution in [3.63, 3.8) is 0 Å². The van der Waals surface area contributed by atoms with E-state index in [-0.39, 0.29) is 0 Å². The summed E-state index contributed by atoms with van der Waals surface area (Å²) in [6, 6.07) is 0. The fraction of sp³-hybridized carbons (Fsp3) is 1.00.